The van der Waals surface area contributed by atoms with Gasteiger partial charge >= 0.3 is 0 Å². The van der Waals surface area contributed by atoms with Crippen LogP contribution in [0.5, 0.6) is 5.75 Å². The Balaban J connectivity index is 1.48. The molecule has 1 aliphatic heterocycles. The van der Waals surface area contributed by atoms with Crippen molar-refractivity contribution in [2.24, 2.45) is 0 Å². The van der Waals surface area contributed by atoms with Crippen LogP contribution in [0.4, 0.5) is 5.69 Å². The number of hydrogen-bond acceptors (Lipinski definition) is 4. The Labute approximate surface area is 164 Å². The SMILES string of the molecule is COc1cccc(C(=O)CCC(=O)N2CCN(c3cccc(Cl)c3)CC2)c1. The number of nitrogens with zero attached hydrogens (tertiary/aromatic N) is 2. The number of rotatable bonds is 6. The van der Waals surface area contributed by atoms with Crippen molar-refractivity contribution in [3.63, 3.8) is 0 Å². The third-order valence-electron chi connectivity index (χ3n) is 4.76. The first kappa shape index (κ1) is 19.2. The summed E-state index contributed by atoms with van der Waals surface area (Å²) in [6.45, 7) is 2.82. The summed E-state index contributed by atoms with van der Waals surface area (Å²) >= 11 is 6.05. The smallest absolute Gasteiger partial charge is 0.223 e. The number of ether oxygens (including phenoxy) is 1. The Bertz CT molecular complexity index is 817. The van der Waals surface area contributed by atoms with E-state index >= 15 is 0 Å². The highest BCUT2D eigenvalue weighted by Crippen LogP contribution is 2.21. The molecule has 0 aliphatic carbocycles. The highest BCUT2D eigenvalue weighted by Gasteiger charge is 2.22. The van der Waals surface area contributed by atoms with Gasteiger partial charge in [0.15, 0.2) is 5.78 Å². The van der Waals surface area contributed by atoms with Crippen LogP contribution in [0, 0.1) is 0 Å². The van der Waals surface area contributed by atoms with E-state index < -0.39 is 0 Å². The number of carbonyl (C=O) groups is 2. The fraction of sp³-hybridized carbons (Fsp3) is 0.333. The van der Waals surface area contributed by atoms with Gasteiger partial charge in [0, 0.05) is 55.3 Å². The van der Waals surface area contributed by atoms with Crippen LogP contribution in [0.3, 0.4) is 0 Å². The Morgan fingerprint density at radius 2 is 1.74 bits per heavy atom. The molecule has 0 bridgehead atoms. The molecule has 0 radical (unpaired) electrons. The minimum atomic E-state index is -0.0418. The van der Waals surface area contributed by atoms with E-state index in [1.807, 2.05) is 29.2 Å². The second-order valence-corrected chi connectivity index (χ2v) is 6.94. The first-order valence-electron chi connectivity index (χ1n) is 9.02. The van der Waals surface area contributed by atoms with E-state index in [1.54, 1.807) is 31.4 Å². The molecule has 3 rings (SSSR count). The van der Waals surface area contributed by atoms with Crippen LogP contribution < -0.4 is 9.64 Å². The summed E-state index contributed by atoms with van der Waals surface area (Å²) in [5, 5.41) is 0.710. The normalized spacial score (nSPS) is 14.1. The van der Waals surface area contributed by atoms with Crippen LogP contribution in [0.1, 0.15) is 23.2 Å². The molecule has 0 saturated carbocycles. The lowest BCUT2D eigenvalue weighted by molar-refractivity contribution is -0.131. The predicted octanol–water partition coefficient (Wildman–Crippen LogP) is 3.66. The third-order valence-corrected chi connectivity index (χ3v) is 5.00. The second kappa shape index (κ2) is 8.91. The highest BCUT2D eigenvalue weighted by molar-refractivity contribution is 6.30. The van der Waals surface area contributed by atoms with Gasteiger partial charge in [0.05, 0.1) is 7.11 Å². The first-order chi connectivity index (χ1) is 13.1. The summed E-state index contributed by atoms with van der Waals surface area (Å²) in [5.74, 6) is 0.626. The van der Waals surface area contributed by atoms with Crippen LogP contribution in [-0.2, 0) is 4.79 Å². The van der Waals surface area contributed by atoms with E-state index in [0.717, 1.165) is 18.8 Å². The number of methoxy groups -OCH3 is 1. The molecular formula is C21H23ClN2O3. The molecule has 6 heteroatoms. The number of Topliss-reactive ketones (excluding diaryl/α,β-unsaturated/α-hetero) is 1. The minimum absolute atomic E-state index is 0.0250. The number of amides is 1. The Kier molecular flexibility index (Phi) is 6.35. The lowest BCUT2D eigenvalue weighted by Gasteiger charge is -2.36. The lowest BCUT2D eigenvalue weighted by atomic mass is 10.1. The zero-order valence-electron chi connectivity index (χ0n) is 15.4. The molecule has 1 aliphatic rings. The zero-order chi connectivity index (χ0) is 19.2. The number of benzene rings is 2. The van der Waals surface area contributed by atoms with Crippen LogP contribution in [0.2, 0.25) is 5.02 Å². The summed E-state index contributed by atoms with van der Waals surface area (Å²) in [4.78, 5) is 28.8. The van der Waals surface area contributed by atoms with E-state index in [4.69, 9.17) is 16.3 Å². The summed E-state index contributed by atoms with van der Waals surface area (Å²) < 4.78 is 5.14. The summed E-state index contributed by atoms with van der Waals surface area (Å²) in [6, 6.07) is 14.8. The van der Waals surface area contributed by atoms with Crippen molar-refractivity contribution >= 4 is 29.0 Å². The molecule has 0 atom stereocenters. The number of ketones is 1. The van der Waals surface area contributed by atoms with Crippen LogP contribution in [0.25, 0.3) is 0 Å². The molecule has 0 unspecified atom stereocenters. The van der Waals surface area contributed by atoms with E-state index in [9.17, 15) is 9.59 Å². The molecule has 1 saturated heterocycles. The molecule has 142 valence electrons. The van der Waals surface area contributed by atoms with Crippen molar-refractivity contribution < 1.29 is 14.3 Å². The Hall–Kier alpha value is -2.53. The van der Waals surface area contributed by atoms with Crippen molar-refractivity contribution in [1.29, 1.82) is 0 Å². The number of piperazine rings is 1. The van der Waals surface area contributed by atoms with Crippen LogP contribution in [0.15, 0.2) is 48.5 Å². The van der Waals surface area contributed by atoms with Crippen molar-refractivity contribution in [1.82, 2.24) is 4.90 Å². The van der Waals surface area contributed by atoms with Crippen molar-refractivity contribution in [2.75, 3.05) is 38.2 Å². The third kappa shape index (κ3) is 5.01. The summed E-state index contributed by atoms with van der Waals surface area (Å²) in [7, 11) is 1.57. The maximum Gasteiger partial charge on any atom is 0.223 e. The number of halogens is 1. The topological polar surface area (TPSA) is 49.9 Å². The molecule has 1 fully saturated rings. The standard InChI is InChI=1S/C21H23ClN2O3/c1-27-19-7-2-4-16(14-19)20(25)8-9-21(26)24-12-10-23(11-13-24)18-6-3-5-17(22)15-18/h2-7,14-15H,8-13H2,1H3. The molecule has 0 N–H and O–H groups in total. The van der Waals surface area contributed by atoms with Gasteiger partial charge in [-0.1, -0.05) is 29.8 Å². The van der Waals surface area contributed by atoms with Gasteiger partial charge in [-0.2, -0.15) is 0 Å². The Morgan fingerprint density at radius 3 is 2.44 bits per heavy atom. The van der Waals surface area contributed by atoms with Crippen molar-refractivity contribution in [2.45, 2.75) is 12.8 Å². The van der Waals surface area contributed by atoms with Crippen LogP contribution in [-0.4, -0.2) is 49.9 Å². The Morgan fingerprint density at radius 1 is 1.00 bits per heavy atom. The predicted molar refractivity (Wildman–Crippen MR) is 107 cm³/mol. The van der Waals surface area contributed by atoms with Crippen molar-refractivity contribution in [3.05, 3.63) is 59.1 Å². The fourth-order valence-corrected chi connectivity index (χ4v) is 3.39. The fourth-order valence-electron chi connectivity index (χ4n) is 3.21. The van der Waals surface area contributed by atoms with E-state index in [2.05, 4.69) is 4.90 Å². The number of anilines is 1. The van der Waals surface area contributed by atoms with Gasteiger partial charge in [-0.05, 0) is 30.3 Å². The molecule has 0 spiro atoms. The van der Waals surface area contributed by atoms with Gasteiger partial charge in [0.25, 0.3) is 0 Å². The minimum Gasteiger partial charge on any atom is -0.497 e. The van der Waals surface area contributed by atoms with Gasteiger partial charge in [-0.3, -0.25) is 9.59 Å². The van der Waals surface area contributed by atoms with E-state index in [-0.39, 0.29) is 24.5 Å². The van der Waals surface area contributed by atoms with E-state index in [0.29, 0.717) is 29.4 Å². The molecule has 27 heavy (non-hydrogen) atoms. The largest absolute Gasteiger partial charge is 0.497 e. The van der Waals surface area contributed by atoms with Gasteiger partial charge in [-0.15, -0.1) is 0 Å². The highest BCUT2D eigenvalue weighted by atomic mass is 35.5. The lowest BCUT2D eigenvalue weighted by Crippen LogP contribution is -2.48. The maximum absolute atomic E-state index is 12.5. The number of carbonyl (C=O) groups excluding carboxylic acids is 2. The summed E-state index contributed by atoms with van der Waals surface area (Å²) in [6.07, 6.45) is 0.438. The molecule has 5 nitrogen and oxygen atoms in total. The zero-order valence-corrected chi connectivity index (χ0v) is 16.1. The average molecular weight is 387 g/mol. The van der Waals surface area contributed by atoms with E-state index in [1.165, 1.54) is 0 Å². The van der Waals surface area contributed by atoms with Crippen molar-refractivity contribution in [3.8, 4) is 5.75 Å². The van der Waals surface area contributed by atoms with Gasteiger partial charge in [0.2, 0.25) is 5.91 Å². The van der Waals surface area contributed by atoms with Gasteiger partial charge in [0.1, 0.15) is 5.75 Å². The van der Waals surface area contributed by atoms with Gasteiger partial charge < -0.3 is 14.5 Å². The number of hydrogen-bond donors (Lipinski definition) is 0. The maximum atomic E-state index is 12.5. The molecule has 1 amide bonds. The average Bonchev–Trinajstić information content (AvgIpc) is 2.72. The quantitative estimate of drug-likeness (QED) is 0.711. The monoisotopic (exact) mass is 386 g/mol. The second-order valence-electron chi connectivity index (χ2n) is 6.50. The molecule has 1 heterocycles. The van der Waals surface area contributed by atoms with Crippen LogP contribution >= 0.6 is 11.6 Å². The first-order valence-corrected chi connectivity index (χ1v) is 9.40. The van der Waals surface area contributed by atoms with Gasteiger partial charge in [-0.25, -0.2) is 0 Å². The summed E-state index contributed by atoms with van der Waals surface area (Å²) in [5.41, 5.74) is 1.65. The molecule has 0 aromatic heterocycles. The molecule has 2 aromatic rings. The molecule has 2 aromatic carbocycles. The molecular weight excluding hydrogens is 364 g/mol.